The SMILES string of the molecule is Cc1nc(-c2cn[nH]c2)c2cc(Br)ccc2n1. The molecule has 4 nitrogen and oxygen atoms in total. The molecule has 0 atom stereocenters. The van der Waals surface area contributed by atoms with Crippen molar-refractivity contribution in [3.8, 4) is 11.3 Å². The second kappa shape index (κ2) is 3.92. The third kappa shape index (κ3) is 1.82. The smallest absolute Gasteiger partial charge is 0.126 e. The van der Waals surface area contributed by atoms with Crippen molar-refractivity contribution in [1.29, 1.82) is 0 Å². The van der Waals surface area contributed by atoms with E-state index >= 15 is 0 Å². The van der Waals surface area contributed by atoms with Crippen LogP contribution in [0.25, 0.3) is 22.2 Å². The van der Waals surface area contributed by atoms with E-state index in [0.29, 0.717) is 0 Å². The van der Waals surface area contributed by atoms with Crippen molar-refractivity contribution < 1.29 is 0 Å². The zero-order chi connectivity index (χ0) is 11.8. The molecular weight excluding hydrogens is 280 g/mol. The van der Waals surface area contributed by atoms with E-state index in [1.165, 1.54) is 0 Å². The number of aryl methyl sites for hydroxylation is 1. The van der Waals surface area contributed by atoms with Gasteiger partial charge in [-0.1, -0.05) is 15.9 Å². The van der Waals surface area contributed by atoms with Crippen LogP contribution in [0.4, 0.5) is 0 Å². The topological polar surface area (TPSA) is 54.5 Å². The highest BCUT2D eigenvalue weighted by Gasteiger charge is 2.09. The van der Waals surface area contributed by atoms with E-state index in [-0.39, 0.29) is 0 Å². The Morgan fingerprint density at radius 1 is 1.24 bits per heavy atom. The molecule has 0 spiro atoms. The zero-order valence-corrected chi connectivity index (χ0v) is 10.7. The summed E-state index contributed by atoms with van der Waals surface area (Å²) in [6.45, 7) is 1.89. The molecule has 0 saturated heterocycles. The molecule has 1 N–H and O–H groups in total. The number of hydrogen-bond donors (Lipinski definition) is 1. The molecule has 0 bridgehead atoms. The molecule has 0 fully saturated rings. The summed E-state index contributed by atoms with van der Waals surface area (Å²) in [5.41, 5.74) is 2.82. The van der Waals surface area contributed by atoms with Gasteiger partial charge in [0.1, 0.15) is 5.82 Å². The Bertz CT molecular complexity index is 676. The second-order valence-corrected chi connectivity index (χ2v) is 4.68. The molecule has 3 rings (SSSR count). The molecule has 3 aromatic rings. The Labute approximate surface area is 106 Å². The quantitative estimate of drug-likeness (QED) is 0.749. The molecule has 2 aromatic heterocycles. The van der Waals surface area contributed by atoms with Crippen molar-refractivity contribution in [1.82, 2.24) is 20.2 Å². The highest BCUT2D eigenvalue weighted by molar-refractivity contribution is 9.10. The fourth-order valence-electron chi connectivity index (χ4n) is 1.82. The lowest BCUT2D eigenvalue weighted by Crippen LogP contribution is -1.93. The summed E-state index contributed by atoms with van der Waals surface area (Å²) in [6.07, 6.45) is 3.60. The number of benzene rings is 1. The number of hydrogen-bond acceptors (Lipinski definition) is 3. The number of fused-ring (bicyclic) bond motifs is 1. The molecule has 1 aromatic carbocycles. The normalized spacial score (nSPS) is 10.9. The summed E-state index contributed by atoms with van der Waals surface area (Å²) in [6, 6.07) is 5.99. The van der Waals surface area contributed by atoms with Gasteiger partial charge in [-0.3, -0.25) is 5.10 Å². The first-order chi connectivity index (χ1) is 8.24. The number of nitrogens with one attached hydrogen (secondary N) is 1. The molecule has 0 aliphatic rings. The molecule has 0 saturated carbocycles. The summed E-state index contributed by atoms with van der Waals surface area (Å²) in [5.74, 6) is 0.760. The van der Waals surface area contributed by atoms with Gasteiger partial charge in [0, 0.05) is 21.6 Å². The highest BCUT2D eigenvalue weighted by Crippen LogP contribution is 2.27. The van der Waals surface area contributed by atoms with Crippen LogP contribution in [0.5, 0.6) is 0 Å². The first-order valence-electron chi connectivity index (χ1n) is 5.17. The number of aromatic amines is 1. The van der Waals surface area contributed by atoms with Gasteiger partial charge in [-0.25, -0.2) is 9.97 Å². The van der Waals surface area contributed by atoms with Crippen LogP contribution >= 0.6 is 15.9 Å². The van der Waals surface area contributed by atoms with Gasteiger partial charge in [-0.15, -0.1) is 0 Å². The highest BCUT2D eigenvalue weighted by atomic mass is 79.9. The number of halogens is 1. The molecule has 2 heterocycles. The molecule has 0 unspecified atom stereocenters. The van der Waals surface area contributed by atoms with E-state index in [0.717, 1.165) is 32.5 Å². The van der Waals surface area contributed by atoms with E-state index in [9.17, 15) is 0 Å². The molecule has 17 heavy (non-hydrogen) atoms. The van der Waals surface area contributed by atoms with Crippen molar-refractivity contribution in [3.05, 3.63) is 40.9 Å². The van der Waals surface area contributed by atoms with Gasteiger partial charge in [-0.05, 0) is 25.1 Å². The third-order valence-corrected chi connectivity index (χ3v) is 3.03. The molecular formula is C12H9BrN4. The van der Waals surface area contributed by atoms with Crippen LogP contribution in [-0.2, 0) is 0 Å². The summed E-state index contributed by atoms with van der Waals surface area (Å²) < 4.78 is 1.02. The largest absolute Gasteiger partial charge is 0.285 e. The molecule has 0 radical (unpaired) electrons. The van der Waals surface area contributed by atoms with Crippen LogP contribution in [0.15, 0.2) is 35.1 Å². The molecule has 0 aliphatic heterocycles. The molecule has 5 heteroatoms. The van der Waals surface area contributed by atoms with Crippen LogP contribution in [0.3, 0.4) is 0 Å². The number of H-pyrrole nitrogens is 1. The van der Waals surface area contributed by atoms with E-state index in [2.05, 4.69) is 36.1 Å². The average Bonchev–Trinajstić information content (AvgIpc) is 2.82. The first kappa shape index (κ1) is 10.4. The van der Waals surface area contributed by atoms with Gasteiger partial charge < -0.3 is 0 Å². The number of aromatic nitrogens is 4. The van der Waals surface area contributed by atoms with Crippen molar-refractivity contribution in [2.24, 2.45) is 0 Å². The molecule has 0 amide bonds. The first-order valence-corrected chi connectivity index (χ1v) is 5.96. The van der Waals surface area contributed by atoms with Gasteiger partial charge in [-0.2, -0.15) is 5.10 Å². The second-order valence-electron chi connectivity index (χ2n) is 3.77. The standard InChI is InChI=1S/C12H9BrN4/c1-7-16-11-3-2-9(13)4-10(11)12(17-7)8-5-14-15-6-8/h2-6H,1H3,(H,14,15). The van der Waals surface area contributed by atoms with Crippen molar-refractivity contribution >= 4 is 26.8 Å². The predicted octanol–water partition coefficient (Wildman–Crippen LogP) is 3.09. The van der Waals surface area contributed by atoms with E-state index < -0.39 is 0 Å². The lowest BCUT2D eigenvalue weighted by atomic mass is 10.1. The Morgan fingerprint density at radius 2 is 2.12 bits per heavy atom. The van der Waals surface area contributed by atoms with Crippen LogP contribution in [-0.4, -0.2) is 20.2 Å². The van der Waals surface area contributed by atoms with Crippen molar-refractivity contribution in [2.45, 2.75) is 6.92 Å². The average molecular weight is 289 g/mol. The minimum absolute atomic E-state index is 0.760. The maximum atomic E-state index is 4.49. The van der Waals surface area contributed by atoms with E-state index in [1.54, 1.807) is 6.20 Å². The maximum Gasteiger partial charge on any atom is 0.126 e. The summed E-state index contributed by atoms with van der Waals surface area (Å²) in [4.78, 5) is 8.92. The van der Waals surface area contributed by atoms with Crippen molar-refractivity contribution in [2.75, 3.05) is 0 Å². The van der Waals surface area contributed by atoms with Gasteiger partial charge >= 0.3 is 0 Å². The van der Waals surface area contributed by atoms with Crippen LogP contribution in [0, 0.1) is 6.92 Å². The summed E-state index contributed by atoms with van der Waals surface area (Å²) in [5, 5.41) is 7.78. The van der Waals surface area contributed by atoms with Crippen LogP contribution in [0.1, 0.15) is 5.82 Å². The van der Waals surface area contributed by atoms with Crippen molar-refractivity contribution in [3.63, 3.8) is 0 Å². The van der Waals surface area contributed by atoms with Crippen LogP contribution < -0.4 is 0 Å². The third-order valence-electron chi connectivity index (χ3n) is 2.54. The number of nitrogens with zero attached hydrogens (tertiary/aromatic N) is 3. The number of rotatable bonds is 1. The Hall–Kier alpha value is -1.75. The fraction of sp³-hybridized carbons (Fsp3) is 0.0833. The Morgan fingerprint density at radius 3 is 2.88 bits per heavy atom. The summed E-state index contributed by atoms with van der Waals surface area (Å²) in [7, 11) is 0. The summed E-state index contributed by atoms with van der Waals surface area (Å²) >= 11 is 3.47. The van der Waals surface area contributed by atoms with Gasteiger partial charge in [0.2, 0.25) is 0 Å². The van der Waals surface area contributed by atoms with Gasteiger partial charge in [0.15, 0.2) is 0 Å². The Balaban J connectivity index is 2.39. The van der Waals surface area contributed by atoms with E-state index in [4.69, 9.17) is 0 Å². The zero-order valence-electron chi connectivity index (χ0n) is 9.11. The molecule has 0 aliphatic carbocycles. The Kier molecular flexibility index (Phi) is 2.40. The lowest BCUT2D eigenvalue weighted by Gasteiger charge is -2.05. The molecule has 84 valence electrons. The lowest BCUT2D eigenvalue weighted by molar-refractivity contribution is 1.09. The van der Waals surface area contributed by atoms with Gasteiger partial charge in [0.25, 0.3) is 0 Å². The maximum absolute atomic E-state index is 4.49. The van der Waals surface area contributed by atoms with Gasteiger partial charge in [0.05, 0.1) is 17.4 Å². The minimum Gasteiger partial charge on any atom is -0.285 e. The monoisotopic (exact) mass is 288 g/mol. The van der Waals surface area contributed by atoms with E-state index in [1.807, 2.05) is 31.3 Å². The predicted molar refractivity (Wildman–Crippen MR) is 69.6 cm³/mol. The van der Waals surface area contributed by atoms with Crippen LogP contribution in [0.2, 0.25) is 0 Å². The fourth-order valence-corrected chi connectivity index (χ4v) is 2.18. The minimum atomic E-state index is 0.760.